The van der Waals surface area contributed by atoms with Crippen LogP contribution in [0.15, 0.2) is 22.7 Å². The molecule has 13 heavy (non-hydrogen) atoms. The smallest absolute Gasteiger partial charge is 0.152 e. The molecule has 0 amide bonds. The van der Waals surface area contributed by atoms with Gasteiger partial charge < -0.3 is 0 Å². The number of hydrazine groups is 1. The Kier molecular flexibility index (Phi) is 3.10. The fourth-order valence-corrected chi connectivity index (χ4v) is 1.05. The van der Waals surface area contributed by atoms with Crippen LogP contribution >= 0.6 is 15.9 Å². The molecule has 0 aliphatic rings. The van der Waals surface area contributed by atoms with E-state index in [0.29, 0.717) is 4.47 Å². The van der Waals surface area contributed by atoms with Gasteiger partial charge in [0.2, 0.25) is 0 Å². The summed E-state index contributed by atoms with van der Waals surface area (Å²) < 4.78 is 48.7. The van der Waals surface area contributed by atoms with Crippen LogP contribution in [0.1, 0.15) is 0 Å². The zero-order valence-electron chi connectivity index (χ0n) is 6.02. The molecule has 0 aromatic heterocycles. The second-order valence-corrected chi connectivity index (χ2v) is 2.99. The molecule has 1 rings (SSSR count). The van der Waals surface area contributed by atoms with Crippen LogP contribution < -0.4 is 5.23 Å². The van der Waals surface area contributed by atoms with Crippen molar-refractivity contribution in [2.24, 2.45) is 0 Å². The molecule has 0 fully saturated rings. The van der Waals surface area contributed by atoms with Crippen LogP contribution in [0.4, 0.5) is 23.5 Å². The predicted molar refractivity (Wildman–Crippen MR) is 41.7 cm³/mol. The average Bonchev–Trinajstić information content (AvgIpc) is 2.03. The molecule has 1 aromatic rings. The van der Waals surface area contributed by atoms with Crippen LogP contribution in [-0.4, -0.2) is 5.45 Å². The van der Waals surface area contributed by atoms with Crippen molar-refractivity contribution in [3.63, 3.8) is 0 Å². The third-order valence-corrected chi connectivity index (χ3v) is 1.73. The van der Waals surface area contributed by atoms with Crippen molar-refractivity contribution in [2.75, 3.05) is 5.23 Å². The molecule has 1 aromatic carbocycles. The monoisotopic (exact) mass is 258 g/mol. The first kappa shape index (κ1) is 10.3. The van der Waals surface area contributed by atoms with Crippen molar-refractivity contribution in [3.8, 4) is 0 Å². The van der Waals surface area contributed by atoms with Crippen LogP contribution in [0.3, 0.4) is 0 Å². The van der Waals surface area contributed by atoms with E-state index >= 15 is 0 Å². The molecule has 0 bridgehead atoms. The molecular formula is C6H3BrF4N2. The van der Waals surface area contributed by atoms with E-state index in [1.807, 2.05) is 0 Å². The third-order valence-electron chi connectivity index (χ3n) is 1.24. The van der Waals surface area contributed by atoms with E-state index in [4.69, 9.17) is 0 Å². The topological polar surface area (TPSA) is 6.48 Å². The lowest BCUT2D eigenvalue weighted by Crippen LogP contribution is -2.22. The summed E-state index contributed by atoms with van der Waals surface area (Å²) in [6.07, 6.45) is 0. The Labute approximate surface area is 79.3 Å². The van der Waals surface area contributed by atoms with E-state index in [2.05, 4.69) is 15.9 Å². The second-order valence-electron chi connectivity index (χ2n) is 2.07. The number of benzene rings is 1. The number of anilines is 1. The van der Waals surface area contributed by atoms with Gasteiger partial charge in [-0.1, -0.05) is 34.6 Å². The molecule has 0 unspecified atom stereocenters. The van der Waals surface area contributed by atoms with E-state index in [0.717, 1.165) is 12.1 Å². The highest BCUT2D eigenvalue weighted by Gasteiger charge is 2.18. The number of rotatable bonds is 2. The highest BCUT2D eigenvalue weighted by Crippen LogP contribution is 2.24. The summed E-state index contributed by atoms with van der Waals surface area (Å²) in [7, 11) is 0. The Bertz CT molecular complexity index is 307. The van der Waals surface area contributed by atoms with Crippen molar-refractivity contribution < 1.29 is 17.8 Å². The molecule has 0 spiro atoms. The lowest BCUT2D eigenvalue weighted by molar-refractivity contribution is -0.196. The number of nitrogens with zero attached hydrogens (tertiary/aromatic N) is 2. The van der Waals surface area contributed by atoms with Crippen molar-refractivity contribution in [1.82, 2.24) is 5.45 Å². The van der Waals surface area contributed by atoms with Gasteiger partial charge in [-0.15, -0.1) is 0 Å². The second kappa shape index (κ2) is 3.93. The van der Waals surface area contributed by atoms with Gasteiger partial charge in [0.15, 0.2) is 11.3 Å². The molecule has 0 heterocycles. The number of halogens is 5. The molecule has 72 valence electrons. The molecule has 0 atom stereocenters. The quantitative estimate of drug-likeness (QED) is 0.457. The Morgan fingerprint density at radius 3 is 2.23 bits per heavy atom. The van der Waals surface area contributed by atoms with Crippen LogP contribution in [0, 0.1) is 5.82 Å². The zero-order valence-corrected chi connectivity index (χ0v) is 7.60. The first-order chi connectivity index (χ1) is 6.02. The number of hydrogen-bond donors (Lipinski definition) is 0. The van der Waals surface area contributed by atoms with Crippen LogP contribution in [0.5, 0.6) is 0 Å². The van der Waals surface area contributed by atoms with E-state index in [9.17, 15) is 17.8 Å². The predicted octanol–water partition coefficient (Wildman–Crippen LogP) is 3.27. The molecule has 0 saturated carbocycles. The molecule has 0 saturated heterocycles. The molecule has 0 aliphatic heterocycles. The van der Waals surface area contributed by atoms with Crippen LogP contribution in [0.2, 0.25) is 0 Å². The summed E-state index contributed by atoms with van der Waals surface area (Å²) >= 11 is 2.90. The van der Waals surface area contributed by atoms with Gasteiger partial charge in [-0.2, -0.15) is 0 Å². The molecule has 0 aliphatic carbocycles. The highest BCUT2D eigenvalue weighted by atomic mass is 79.9. The standard InChI is InChI=1S/C6H3BrF4N2/c7-4-1-2-6(5(8)3-4)12(9)13(10)11/h1-3H. The molecular weight excluding hydrogens is 256 g/mol. The van der Waals surface area contributed by atoms with Crippen LogP contribution in [-0.2, 0) is 0 Å². The first-order valence-electron chi connectivity index (χ1n) is 3.05. The maximum Gasteiger partial charge on any atom is 0.152 e. The average molecular weight is 259 g/mol. The summed E-state index contributed by atoms with van der Waals surface area (Å²) in [4.78, 5) is 0. The summed E-state index contributed by atoms with van der Waals surface area (Å²) in [5, 5.41) is -1.10. The van der Waals surface area contributed by atoms with Crippen molar-refractivity contribution in [2.45, 2.75) is 0 Å². The fourth-order valence-electron chi connectivity index (χ4n) is 0.712. The first-order valence-corrected chi connectivity index (χ1v) is 3.84. The van der Waals surface area contributed by atoms with Crippen molar-refractivity contribution >= 4 is 21.6 Å². The molecule has 2 nitrogen and oxygen atoms in total. The largest absolute Gasteiger partial charge is 0.204 e. The van der Waals surface area contributed by atoms with Gasteiger partial charge in [-0.3, -0.25) is 0 Å². The minimum absolute atomic E-state index is 0.339. The van der Waals surface area contributed by atoms with Crippen LogP contribution in [0.25, 0.3) is 0 Å². The third kappa shape index (κ3) is 2.31. The SMILES string of the molecule is Fc1cc(Br)ccc1N(F)N(F)F. The Hall–Kier alpha value is -0.820. The summed E-state index contributed by atoms with van der Waals surface area (Å²) in [6, 6.07) is 3.01. The fraction of sp³-hybridized carbons (Fsp3) is 0. The minimum Gasteiger partial charge on any atom is -0.204 e. The minimum atomic E-state index is -1.85. The van der Waals surface area contributed by atoms with Gasteiger partial charge in [0.1, 0.15) is 5.69 Å². The van der Waals surface area contributed by atoms with E-state index in [-0.39, 0.29) is 0 Å². The zero-order chi connectivity index (χ0) is 10.0. The van der Waals surface area contributed by atoms with Gasteiger partial charge in [0.05, 0.1) is 0 Å². The highest BCUT2D eigenvalue weighted by molar-refractivity contribution is 9.10. The van der Waals surface area contributed by atoms with Gasteiger partial charge in [-0.05, 0) is 18.2 Å². The van der Waals surface area contributed by atoms with Gasteiger partial charge in [-0.25, -0.2) is 4.39 Å². The Balaban J connectivity index is 3.01. The van der Waals surface area contributed by atoms with E-state index < -0.39 is 22.2 Å². The lowest BCUT2D eigenvalue weighted by Gasteiger charge is -2.12. The maximum atomic E-state index is 12.8. The lowest BCUT2D eigenvalue weighted by atomic mass is 10.3. The van der Waals surface area contributed by atoms with Crippen molar-refractivity contribution in [1.29, 1.82) is 0 Å². The van der Waals surface area contributed by atoms with E-state index in [1.165, 1.54) is 6.07 Å². The summed E-state index contributed by atoms with van der Waals surface area (Å²) in [5.74, 6) is -1.09. The van der Waals surface area contributed by atoms with Gasteiger partial charge >= 0.3 is 0 Å². The summed E-state index contributed by atoms with van der Waals surface area (Å²) in [6.45, 7) is 0. The normalized spacial score (nSPS) is 10.6. The maximum absolute atomic E-state index is 12.8. The molecule has 7 heteroatoms. The molecule has 0 radical (unpaired) electrons. The summed E-state index contributed by atoms with van der Waals surface area (Å²) in [5.41, 5.74) is -2.71. The van der Waals surface area contributed by atoms with Gasteiger partial charge in [0.25, 0.3) is 0 Å². The number of hydrogen-bond acceptors (Lipinski definition) is 2. The Morgan fingerprint density at radius 2 is 1.77 bits per heavy atom. The molecule has 0 N–H and O–H groups in total. The Morgan fingerprint density at radius 1 is 1.15 bits per heavy atom. The van der Waals surface area contributed by atoms with Gasteiger partial charge in [0, 0.05) is 4.47 Å². The van der Waals surface area contributed by atoms with Crippen molar-refractivity contribution in [3.05, 3.63) is 28.5 Å². The van der Waals surface area contributed by atoms with E-state index in [1.54, 1.807) is 0 Å².